The summed E-state index contributed by atoms with van der Waals surface area (Å²) in [6.45, 7) is 4.00. The Bertz CT molecular complexity index is 2700. The fourth-order valence-electron chi connectivity index (χ4n) is 11.0. The third kappa shape index (κ3) is 8.07. The number of amides is 1. The molecule has 2 aromatic heterocycles. The van der Waals surface area contributed by atoms with Crippen molar-refractivity contribution in [3.8, 4) is 35.4 Å². The minimum atomic E-state index is -6.92. The number of aryl methyl sites for hydroxylation is 1. The number of anilines is 1. The van der Waals surface area contributed by atoms with Crippen LogP contribution in [0.1, 0.15) is 70.6 Å². The SMILES string of the molecule is C#Cc1c(F)ccc2cc(OCOC)cc(-c3nc4c5c(nc(OC[C@@]67CCCN6C[C@@H](OC(C(F)(F)F)(C(F)(F)F)C(F)(F)F)C7)nc5c3F)N3C[C@H]5CC[C@@H]([C@H]3CC4)N5C(=O)OC(C)(C)C)c12. The van der Waals surface area contributed by atoms with Gasteiger partial charge < -0.3 is 28.6 Å². The van der Waals surface area contributed by atoms with E-state index in [1.807, 2.05) is 4.90 Å². The van der Waals surface area contributed by atoms with E-state index in [0.29, 0.717) is 36.8 Å². The first-order valence-electron chi connectivity index (χ1n) is 22.1. The van der Waals surface area contributed by atoms with Crippen molar-refractivity contribution in [2.45, 2.75) is 125 Å². The van der Waals surface area contributed by atoms with Crippen LogP contribution in [0.25, 0.3) is 32.9 Å². The number of pyridine rings is 1. The third-order valence-electron chi connectivity index (χ3n) is 13.7. The van der Waals surface area contributed by atoms with Crippen LogP contribution in [0.4, 0.5) is 58.9 Å². The van der Waals surface area contributed by atoms with E-state index in [0.717, 1.165) is 6.07 Å². The minimum absolute atomic E-state index is 0.0200. The number of alkyl halides is 9. The molecule has 4 aromatic rings. The summed E-state index contributed by atoms with van der Waals surface area (Å²) in [6.07, 6.45) is -16.3. The first kappa shape index (κ1) is 48.5. The standard InChI is InChI=1S/C46H45F11N6O6/c1-6-27-29(47)10-8-23-16-25(67-22-65-5)17-28(33(23)27)36-35(48)37-34-30(58-36)11-13-31-32-12-9-24(63(32)40(64)69-41(2,3)4)19-62(31)38(34)60-39(59-37)66-21-42-14-7-15-61(42)20-26(18-42)68-43(44(49,50)51,45(52,53)54)46(55,56)57/h1,8,10,16-17,24,26,31-32H,7,9,11-15,18-22H2,2-5H3/t24-,26+,31-,32+,42+/m1/s1. The monoisotopic (exact) mass is 986 g/mol. The van der Waals surface area contributed by atoms with Gasteiger partial charge >= 0.3 is 36.2 Å². The van der Waals surface area contributed by atoms with Gasteiger partial charge in [0.1, 0.15) is 40.8 Å². The largest absolute Gasteiger partial charge is 0.468 e. The maximum atomic E-state index is 17.8. The smallest absolute Gasteiger partial charge is 0.435 e. The molecule has 2 aromatic carbocycles. The van der Waals surface area contributed by atoms with Crippen molar-refractivity contribution in [1.82, 2.24) is 24.8 Å². The summed E-state index contributed by atoms with van der Waals surface area (Å²) in [4.78, 5) is 32.9. The number of terminal acetylenes is 1. The zero-order chi connectivity index (χ0) is 49.8. The van der Waals surface area contributed by atoms with Crippen LogP contribution in [0.15, 0.2) is 24.3 Å². The van der Waals surface area contributed by atoms with Gasteiger partial charge in [0.05, 0.1) is 46.4 Å². The number of hydrogen-bond acceptors (Lipinski definition) is 11. The Labute approximate surface area is 387 Å². The second kappa shape index (κ2) is 16.9. The lowest BCUT2D eigenvalue weighted by Crippen LogP contribution is -2.68. The van der Waals surface area contributed by atoms with E-state index in [1.54, 1.807) is 31.7 Å². The molecule has 5 aliphatic rings. The second-order valence-electron chi connectivity index (χ2n) is 19.1. The van der Waals surface area contributed by atoms with Crippen molar-refractivity contribution >= 4 is 33.6 Å². The molecule has 7 heterocycles. The number of benzene rings is 2. The van der Waals surface area contributed by atoms with Gasteiger partial charge in [0.25, 0.3) is 0 Å². The molecule has 5 atom stereocenters. The van der Waals surface area contributed by atoms with E-state index in [-0.39, 0.29) is 83.4 Å². The fourth-order valence-corrected chi connectivity index (χ4v) is 11.0. The summed E-state index contributed by atoms with van der Waals surface area (Å²) in [6, 6.07) is 3.82. The quantitative estimate of drug-likeness (QED) is 0.0909. The van der Waals surface area contributed by atoms with Crippen LogP contribution in [-0.2, 0) is 20.6 Å². The normalized spacial score (nSPS) is 24.1. The van der Waals surface area contributed by atoms with E-state index >= 15 is 8.78 Å². The van der Waals surface area contributed by atoms with Gasteiger partial charge in [-0.2, -0.15) is 49.5 Å². The highest BCUT2D eigenvalue weighted by Gasteiger charge is 2.86. The molecule has 0 unspecified atom stereocenters. The Morgan fingerprint density at radius 3 is 2.29 bits per heavy atom. The van der Waals surface area contributed by atoms with E-state index < -0.39 is 96.8 Å². The average Bonchev–Trinajstić information content (AvgIpc) is 3.87. The van der Waals surface area contributed by atoms with Gasteiger partial charge in [0.15, 0.2) is 12.6 Å². The first-order valence-corrected chi connectivity index (χ1v) is 22.1. The van der Waals surface area contributed by atoms with Gasteiger partial charge in [-0.1, -0.05) is 12.0 Å². The molecular weight excluding hydrogens is 942 g/mol. The van der Waals surface area contributed by atoms with Crippen LogP contribution < -0.4 is 14.4 Å². The molecule has 23 heteroatoms. The second-order valence-corrected chi connectivity index (χ2v) is 19.1. The van der Waals surface area contributed by atoms with Crippen molar-refractivity contribution in [3.63, 3.8) is 0 Å². The molecule has 12 nitrogen and oxygen atoms in total. The van der Waals surface area contributed by atoms with Crippen molar-refractivity contribution in [2.75, 3.05) is 45.0 Å². The number of nitrogens with zero attached hydrogens (tertiary/aromatic N) is 6. The molecular formula is C46H45F11N6O6. The fraction of sp³-hybridized carbons (Fsp3) is 0.565. The third-order valence-corrected chi connectivity index (χ3v) is 13.7. The predicted molar refractivity (Wildman–Crippen MR) is 224 cm³/mol. The molecule has 4 fully saturated rings. The topological polar surface area (TPSA) is 112 Å². The number of fused-ring (bicyclic) bond motifs is 7. The molecule has 0 spiro atoms. The van der Waals surface area contributed by atoms with Crippen LogP contribution in [0.3, 0.4) is 0 Å². The number of carbonyl (C=O) groups excluding carboxylic acids is 1. The Balaban J connectivity index is 1.16. The first-order chi connectivity index (χ1) is 32.3. The molecule has 0 radical (unpaired) electrons. The Morgan fingerprint density at radius 1 is 0.899 bits per heavy atom. The van der Waals surface area contributed by atoms with Crippen LogP contribution >= 0.6 is 0 Å². The molecule has 2 bridgehead atoms. The van der Waals surface area contributed by atoms with Crippen LogP contribution in [-0.4, -0.2) is 130 Å². The van der Waals surface area contributed by atoms with Gasteiger partial charge in [0, 0.05) is 31.1 Å². The number of methoxy groups -OCH3 is 1. The lowest BCUT2D eigenvalue weighted by atomic mass is 9.93. The molecule has 372 valence electrons. The molecule has 0 N–H and O–H groups in total. The molecule has 5 aliphatic heterocycles. The highest BCUT2D eigenvalue weighted by molar-refractivity contribution is 6.03. The van der Waals surface area contributed by atoms with Gasteiger partial charge in [-0.25, -0.2) is 18.6 Å². The number of hydrogen-bond donors (Lipinski definition) is 0. The predicted octanol–water partition coefficient (Wildman–Crippen LogP) is 9.42. The van der Waals surface area contributed by atoms with Crippen molar-refractivity contribution in [2.24, 2.45) is 0 Å². The summed E-state index contributed by atoms with van der Waals surface area (Å²) >= 11 is 0. The average molecular weight is 987 g/mol. The highest BCUT2D eigenvalue weighted by Crippen LogP contribution is 2.57. The Morgan fingerprint density at radius 2 is 1.62 bits per heavy atom. The Hall–Kier alpha value is -5.47. The molecule has 69 heavy (non-hydrogen) atoms. The minimum Gasteiger partial charge on any atom is -0.468 e. The van der Waals surface area contributed by atoms with Crippen LogP contribution in [0.2, 0.25) is 0 Å². The van der Waals surface area contributed by atoms with E-state index in [9.17, 15) is 44.3 Å². The number of ether oxygens (including phenoxy) is 5. The summed E-state index contributed by atoms with van der Waals surface area (Å²) in [5.41, 5.74) is -9.25. The maximum Gasteiger partial charge on any atom is 0.435 e. The zero-order valence-corrected chi connectivity index (χ0v) is 37.5. The summed E-state index contributed by atoms with van der Waals surface area (Å²) in [7, 11) is 1.39. The van der Waals surface area contributed by atoms with Crippen molar-refractivity contribution in [1.29, 1.82) is 0 Å². The number of aromatic nitrogens is 3. The maximum absolute atomic E-state index is 17.8. The van der Waals surface area contributed by atoms with Gasteiger partial charge in [0.2, 0.25) is 0 Å². The zero-order valence-electron chi connectivity index (χ0n) is 37.5. The van der Waals surface area contributed by atoms with Crippen molar-refractivity contribution < 1.29 is 76.8 Å². The number of halogens is 11. The number of rotatable bonds is 9. The van der Waals surface area contributed by atoms with E-state index in [1.165, 1.54) is 24.1 Å². The Kier molecular flexibility index (Phi) is 11.9. The van der Waals surface area contributed by atoms with Crippen LogP contribution in [0, 0.1) is 24.0 Å². The van der Waals surface area contributed by atoms with Gasteiger partial charge in [-0.3, -0.25) is 9.80 Å². The van der Waals surface area contributed by atoms with E-state index in [2.05, 4.69) is 15.6 Å². The molecule has 0 saturated carbocycles. The molecule has 0 aliphatic carbocycles. The lowest BCUT2D eigenvalue weighted by Gasteiger charge is -2.47. The summed E-state index contributed by atoms with van der Waals surface area (Å²) in [5.74, 6) is 0.867. The number of carbonyl (C=O) groups is 1. The highest BCUT2D eigenvalue weighted by atomic mass is 19.4. The van der Waals surface area contributed by atoms with Gasteiger partial charge in [-0.05, 0) is 95.8 Å². The summed E-state index contributed by atoms with van der Waals surface area (Å²) < 4.78 is 186. The molecule has 1 amide bonds. The van der Waals surface area contributed by atoms with Crippen molar-refractivity contribution in [3.05, 3.63) is 47.2 Å². The number of piperazine rings is 1. The summed E-state index contributed by atoms with van der Waals surface area (Å²) in [5, 5.41) is 0.653. The van der Waals surface area contributed by atoms with Gasteiger partial charge in [-0.15, -0.1) is 6.42 Å². The molecule has 4 saturated heterocycles. The van der Waals surface area contributed by atoms with Crippen LogP contribution in [0.5, 0.6) is 11.8 Å². The molecule has 9 rings (SSSR count). The lowest BCUT2D eigenvalue weighted by molar-refractivity contribution is -0.463. The van der Waals surface area contributed by atoms with E-state index in [4.69, 9.17) is 35.3 Å².